The van der Waals surface area contributed by atoms with Gasteiger partial charge in [0.1, 0.15) is 13.1 Å². The van der Waals surface area contributed by atoms with Gasteiger partial charge in [0.15, 0.2) is 5.92 Å². The maximum absolute atomic E-state index is 12.7. The summed E-state index contributed by atoms with van der Waals surface area (Å²) in [4.78, 5) is 43.5. The van der Waals surface area contributed by atoms with E-state index < -0.39 is 23.8 Å². The van der Waals surface area contributed by atoms with Crippen LogP contribution in [-0.2, 0) is 14.3 Å². The third-order valence-corrected chi connectivity index (χ3v) is 4.89. The lowest BCUT2D eigenvalue weighted by atomic mass is 10.1. The Morgan fingerprint density at radius 2 is 2.00 bits per heavy atom. The Morgan fingerprint density at radius 1 is 1.26 bits per heavy atom. The van der Waals surface area contributed by atoms with Gasteiger partial charge >= 0.3 is 6.03 Å². The maximum Gasteiger partial charge on any atom is 0.335 e. The number of morpholine rings is 1. The van der Waals surface area contributed by atoms with Crippen molar-refractivity contribution >= 4 is 41.3 Å². The number of rotatable bonds is 6. The van der Waals surface area contributed by atoms with Crippen LogP contribution in [0.5, 0.6) is 0 Å². The number of barbiturate groups is 1. The lowest BCUT2D eigenvalue weighted by Gasteiger charge is -2.29. The van der Waals surface area contributed by atoms with Gasteiger partial charge in [-0.25, -0.2) is 9.69 Å². The van der Waals surface area contributed by atoms with Crippen LogP contribution in [0.2, 0.25) is 5.02 Å². The van der Waals surface area contributed by atoms with Crippen molar-refractivity contribution in [1.29, 1.82) is 0 Å². The molecule has 0 aromatic heterocycles. The molecule has 1 atom stereocenters. The third-order valence-electron chi connectivity index (χ3n) is 4.57. The molecule has 8 nitrogen and oxygen atoms in total. The van der Waals surface area contributed by atoms with Crippen molar-refractivity contribution in [3.05, 3.63) is 29.3 Å². The molecule has 0 spiro atoms. The number of nitrogens with zero attached hydrogens (tertiary/aromatic N) is 2. The highest BCUT2D eigenvalue weighted by atomic mass is 35.5. The van der Waals surface area contributed by atoms with E-state index >= 15 is 0 Å². The Balaban J connectivity index is 1.60. The zero-order chi connectivity index (χ0) is 19.2. The van der Waals surface area contributed by atoms with Crippen LogP contribution in [-0.4, -0.2) is 63.5 Å². The molecule has 144 valence electrons. The van der Waals surface area contributed by atoms with E-state index in [-0.39, 0.29) is 10.7 Å². The van der Waals surface area contributed by atoms with Crippen LogP contribution in [0.15, 0.2) is 29.3 Å². The van der Waals surface area contributed by atoms with Gasteiger partial charge in [0.2, 0.25) is 5.91 Å². The molecule has 2 aliphatic rings. The van der Waals surface area contributed by atoms with Crippen LogP contribution in [0.25, 0.3) is 0 Å². The number of benzene rings is 1. The summed E-state index contributed by atoms with van der Waals surface area (Å²) in [5.41, 5.74) is 0.239. The van der Waals surface area contributed by atoms with Crippen LogP contribution < -0.4 is 15.1 Å². The fourth-order valence-corrected chi connectivity index (χ4v) is 3.31. The van der Waals surface area contributed by atoms with E-state index in [1.807, 2.05) is 0 Å². The zero-order valence-corrected chi connectivity index (χ0v) is 15.6. The van der Waals surface area contributed by atoms with Crippen molar-refractivity contribution in [2.45, 2.75) is 6.42 Å². The van der Waals surface area contributed by atoms with Gasteiger partial charge in [0.05, 0.1) is 30.5 Å². The molecule has 0 unspecified atom stereocenters. The molecule has 1 aromatic rings. The molecular weight excluding hydrogens is 372 g/mol. The van der Waals surface area contributed by atoms with E-state index in [4.69, 9.17) is 16.3 Å². The predicted octanol–water partition coefficient (Wildman–Crippen LogP) is -0.0850. The number of anilines is 1. The molecule has 0 aliphatic carbocycles. The zero-order valence-electron chi connectivity index (χ0n) is 14.8. The van der Waals surface area contributed by atoms with Crippen LogP contribution in [0.4, 0.5) is 10.5 Å². The largest absolute Gasteiger partial charge is 0.370 e. The number of quaternary nitrogens is 1. The highest BCUT2D eigenvalue weighted by Crippen LogP contribution is 2.28. The minimum absolute atomic E-state index is 0.239. The summed E-state index contributed by atoms with van der Waals surface area (Å²) >= 11 is 6.09. The van der Waals surface area contributed by atoms with E-state index in [0.29, 0.717) is 6.54 Å². The summed E-state index contributed by atoms with van der Waals surface area (Å²) in [6, 6.07) is 5.67. The second kappa shape index (κ2) is 9.07. The Labute approximate surface area is 162 Å². The van der Waals surface area contributed by atoms with Gasteiger partial charge in [-0.05, 0) is 12.1 Å². The molecule has 2 aliphatic heterocycles. The number of amides is 4. The summed E-state index contributed by atoms with van der Waals surface area (Å²) in [5.74, 6) is -2.47. The van der Waals surface area contributed by atoms with Gasteiger partial charge in [0.25, 0.3) is 5.91 Å². The topological polar surface area (TPSA) is 92.5 Å². The number of para-hydroxylation sites is 1. The third kappa shape index (κ3) is 4.71. The molecule has 2 N–H and O–H groups in total. The van der Waals surface area contributed by atoms with Crippen LogP contribution in [0.1, 0.15) is 6.42 Å². The molecule has 3 rings (SSSR count). The minimum Gasteiger partial charge on any atom is -0.370 e. The molecule has 2 heterocycles. The van der Waals surface area contributed by atoms with Gasteiger partial charge in [-0.3, -0.25) is 19.9 Å². The number of aliphatic imine (C=N–C) groups is 1. The van der Waals surface area contributed by atoms with Gasteiger partial charge in [-0.1, -0.05) is 23.7 Å². The summed E-state index contributed by atoms with van der Waals surface area (Å²) in [7, 11) is 0. The standard InChI is InChI=1S/C18H21ClN4O4/c19-14-4-1-2-5-15(14)23-17(25)13(16(24)21-18(23)26)12-20-6-3-7-22-8-10-27-11-9-22/h1-2,4-5,12-13H,3,6-11H2,(H,21,24,26)/p+1/t13-/m1/s1. The number of ether oxygens (including phenoxy) is 1. The number of carbonyl (C=O) groups is 3. The van der Waals surface area contributed by atoms with E-state index in [2.05, 4.69) is 10.3 Å². The summed E-state index contributed by atoms with van der Waals surface area (Å²) in [5, 5.41) is 2.44. The average molecular weight is 394 g/mol. The Morgan fingerprint density at radius 3 is 2.74 bits per heavy atom. The molecule has 2 fully saturated rings. The lowest BCUT2D eigenvalue weighted by molar-refractivity contribution is -0.908. The first-order chi connectivity index (χ1) is 13.1. The van der Waals surface area contributed by atoms with Crippen molar-refractivity contribution in [2.24, 2.45) is 10.9 Å². The molecule has 2 saturated heterocycles. The number of imide groups is 2. The average Bonchev–Trinajstić information content (AvgIpc) is 2.66. The first-order valence-electron chi connectivity index (χ1n) is 8.92. The van der Waals surface area contributed by atoms with Crippen molar-refractivity contribution in [2.75, 3.05) is 44.3 Å². The molecule has 27 heavy (non-hydrogen) atoms. The van der Waals surface area contributed by atoms with E-state index in [9.17, 15) is 14.4 Å². The summed E-state index contributed by atoms with van der Waals surface area (Å²) in [6.07, 6.45) is 2.17. The van der Waals surface area contributed by atoms with Gasteiger partial charge in [0, 0.05) is 19.2 Å². The normalized spacial score (nSPS) is 21.7. The molecule has 0 bridgehead atoms. The number of carbonyl (C=O) groups excluding carboxylic acids is 3. The number of hydrogen-bond acceptors (Lipinski definition) is 5. The highest BCUT2D eigenvalue weighted by Gasteiger charge is 2.41. The molecule has 1 aromatic carbocycles. The monoisotopic (exact) mass is 393 g/mol. The van der Waals surface area contributed by atoms with Gasteiger partial charge < -0.3 is 9.64 Å². The molecular formula is C18H22ClN4O4+. The molecule has 9 heteroatoms. The van der Waals surface area contributed by atoms with Gasteiger partial charge in [-0.15, -0.1) is 0 Å². The van der Waals surface area contributed by atoms with Gasteiger partial charge in [-0.2, -0.15) is 0 Å². The SMILES string of the molecule is O=C1NC(=O)N(c2ccccc2Cl)C(=O)[C@@H]1C=NCCC[NH+]1CCOCC1. The van der Waals surface area contributed by atoms with Crippen LogP contribution >= 0.6 is 11.6 Å². The Kier molecular flexibility index (Phi) is 6.54. The molecule has 0 saturated carbocycles. The Hall–Kier alpha value is -2.29. The Bertz CT molecular complexity index is 749. The first kappa shape index (κ1) is 19.5. The minimum atomic E-state index is -1.14. The summed E-state index contributed by atoms with van der Waals surface area (Å²) < 4.78 is 5.32. The van der Waals surface area contributed by atoms with Crippen LogP contribution in [0, 0.1) is 5.92 Å². The van der Waals surface area contributed by atoms with Crippen molar-refractivity contribution < 1.29 is 24.0 Å². The fourth-order valence-electron chi connectivity index (χ4n) is 3.09. The highest BCUT2D eigenvalue weighted by molar-refractivity contribution is 6.38. The molecule has 0 radical (unpaired) electrons. The summed E-state index contributed by atoms with van der Waals surface area (Å²) in [6.45, 7) is 5.02. The second-order valence-electron chi connectivity index (χ2n) is 6.42. The van der Waals surface area contributed by atoms with E-state index in [1.165, 1.54) is 11.1 Å². The lowest BCUT2D eigenvalue weighted by Crippen LogP contribution is -3.14. The smallest absolute Gasteiger partial charge is 0.335 e. The number of halogens is 1. The number of hydrogen-bond donors (Lipinski definition) is 2. The van der Waals surface area contributed by atoms with Crippen molar-refractivity contribution in [3.63, 3.8) is 0 Å². The van der Waals surface area contributed by atoms with Crippen molar-refractivity contribution in [1.82, 2.24) is 5.32 Å². The van der Waals surface area contributed by atoms with Crippen LogP contribution in [0.3, 0.4) is 0 Å². The van der Waals surface area contributed by atoms with E-state index in [0.717, 1.165) is 44.2 Å². The maximum atomic E-state index is 12.7. The predicted molar refractivity (Wildman–Crippen MR) is 100 cm³/mol. The number of nitrogens with one attached hydrogen (secondary N) is 2. The quantitative estimate of drug-likeness (QED) is 0.401. The van der Waals surface area contributed by atoms with E-state index in [1.54, 1.807) is 24.3 Å². The first-order valence-corrected chi connectivity index (χ1v) is 9.30. The second-order valence-corrected chi connectivity index (χ2v) is 6.83. The number of urea groups is 1. The molecule has 4 amide bonds. The van der Waals surface area contributed by atoms with Crippen molar-refractivity contribution in [3.8, 4) is 0 Å². The fraction of sp³-hybridized carbons (Fsp3) is 0.444.